The molecule has 1 aliphatic rings. The monoisotopic (exact) mass is 319 g/mol. The highest BCUT2D eigenvalue weighted by atomic mass is 16.5. The van der Waals surface area contributed by atoms with Crippen molar-refractivity contribution < 1.29 is 9.47 Å². The molecule has 0 aromatic heterocycles. The summed E-state index contributed by atoms with van der Waals surface area (Å²) in [5.74, 6) is 1.40. The van der Waals surface area contributed by atoms with Crippen LogP contribution in [0.1, 0.15) is 44.1 Å². The molecular formula is C18H29N3O2. The van der Waals surface area contributed by atoms with Gasteiger partial charge in [-0.05, 0) is 30.5 Å². The van der Waals surface area contributed by atoms with Crippen molar-refractivity contribution >= 4 is 5.96 Å². The molecule has 0 heterocycles. The molecule has 0 bridgehead atoms. The largest absolute Gasteiger partial charge is 0.491 e. The molecule has 2 rings (SSSR count). The number of hydrogen-bond acceptors (Lipinski definition) is 3. The van der Waals surface area contributed by atoms with Crippen molar-refractivity contribution in [3.8, 4) is 5.75 Å². The van der Waals surface area contributed by atoms with Gasteiger partial charge in [-0.25, -0.2) is 4.99 Å². The topological polar surface area (TPSA) is 68.9 Å². The first-order valence-electron chi connectivity index (χ1n) is 8.55. The number of benzene rings is 1. The molecule has 1 aromatic rings. The van der Waals surface area contributed by atoms with Crippen molar-refractivity contribution in [2.75, 3.05) is 20.3 Å². The van der Waals surface area contributed by atoms with E-state index < -0.39 is 0 Å². The van der Waals surface area contributed by atoms with Gasteiger partial charge >= 0.3 is 0 Å². The Hall–Kier alpha value is -1.75. The van der Waals surface area contributed by atoms with E-state index >= 15 is 0 Å². The molecule has 0 atom stereocenters. The Morgan fingerprint density at radius 1 is 1.13 bits per heavy atom. The quantitative estimate of drug-likeness (QED) is 0.351. The molecule has 23 heavy (non-hydrogen) atoms. The first kappa shape index (κ1) is 17.6. The van der Waals surface area contributed by atoms with Gasteiger partial charge in [-0.15, -0.1) is 0 Å². The summed E-state index contributed by atoms with van der Waals surface area (Å²) in [6, 6.07) is 8.43. The Balaban J connectivity index is 1.76. The average molecular weight is 319 g/mol. The van der Waals surface area contributed by atoms with Gasteiger partial charge in [0.1, 0.15) is 12.4 Å². The van der Waals surface area contributed by atoms with Crippen LogP contribution in [-0.2, 0) is 11.3 Å². The third kappa shape index (κ3) is 6.91. The highest BCUT2D eigenvalue weighted by molar-refractivity contribution is 5.78. The van der Waals surface area contributed by atoms with Crippen molar-refractivity contribution in [2.45, 2.75) is 51.1 Å². The highest BCUT2D eigenvalue weighted by Crippen LogP contribution is 2.17. The van der Waals surface area contributed by atoms with Crippen LogP contribution in [0.25, 0.3) is 0 Å². The van der Waals surface area contributed by atoms with Crippen molar-refractivity contribution in [3.63, 3.8) is 0 Å². The van der Waals surface area contributed by atoms with Crippen molar-refractivity contribution in [2.24, 2.45) is 10.7 Å². The number of ether oxygens (including phenoxy) is 2. The summed E-state index contributed by atoms with van der Waals surface area (Å²) in [6.07, 6.45) is 7.65. The van der Waals surface area contributed by atoms with Gasteiger partial charge in [-0.2, -0.15) is 0 Å². The number of hydrogen-bond donors (Lipinski definition) is 2. The Morgan fingerprint density at radius 3 is 2.48 bits per heavy atom. The van der Waals surface area contributed by atoms with E-state index in [2.05, 4.69) is 10.3 Å². The summed E-state index contributed by atoms with van der Waals surface area (Å²) in [5.41, 5.74) is 7.13. The molecule has 1 fully saturated rings. The Morgan fingerprint density at radius 2 is 1.83 bits per heavy atom. The Bertz CT molecular complexity index is 466. The smallest absolute Gasteiger partial charge is 0.189 e. The number of guanidine groups is 1. The average Bonchev–Trinajstić information content (AvgIpc) is 2.83. The second-order valence-corrected chi connectivity index (χ2v) is 6.02. The van der Waals surface area contributed by atoms with E-state index in [4.69, 9.17) is 15.2 Å². The summed E-state index contributed by atoms with van der Waals surface area (Å²) < 4.78 is 10.5. The van der Waals surface area contributed by atoms with E-state index in [0.717, 1.165) is 11.3 Å². The molecule has 0 aliphatic heterocycles. The summed E-state index contributed by atoms with van der Waals surface area (Å²) in [5, 5.41) is 3.36. The number of nitrogens with zero attached hydrogens (tertiary/aromatic N) is 1. The molecule has 1 aliphatic carbocycles. The van der Waals surface area contributed by atoms with Gasteiger partial charge in [0.15, 0.2) is 5.96 Å². The molecule has 0 saturated heterocycles. The minimum Gasteiger partial charge on any atom is -0.491 e. The Labute approximate surface area is 139 Å². The summed E-state index contributed by atoms with van der Waals surface area (Å²) in [7, 11) is 1.66. The fourth-order valence-electron chi connectivity index (χ4n) is 2.79. The van der Waals surface area contributed by atoms with E-state index in [0.29, 0.717) is 31.8 Å². The van der Waals surface area contributed by atoms with E-state index in [-0.39, 0.29) is 0 Å². The van der Waals surface area contributed by atoms with Crippen LogP contribution in [-0.4, -0.2) is 32.3 Å². The minimum absolute atomic E-state index is 0.484. The zero-order chi connectivity index (χ0) is 16.3. The van der Waals surface area contributed by atoms with Crippen molar-refractivity contribution in [3.05, 3.63) is 29.8 Å². The molecule has 5 heteroatoms. The minimum atomic E-state index is 0.484. The van der Waals surface area contributed by atoms with E-state index in [1.54, 1.807) is 7.11 Å². The van der Waals surface area contributed by atoms with Gasteiger partial charge in [-0.3, -0.25) is 0 Å². The second kappa shape index (κ2) is 10.1. The van der Waals surface area contributed by atoms with E-state index in [1.807, 2.05) is 24.3 Å². The molecule has 1 saturated carbocycles. The van der Waals surface area contributed by atoms with Crippen LogP contribution in [0.3, 0.4) is 0 Å². The van der Waals surface area contributed by atoms with Crippen molar-refractivity contribution in [1.29, 1.82) is 0 Å². The lowest BCUT2D eigenvalue weighted by atomic mass is 10.1. The number of nitrogens with one attached hydrogen (secondary N) is 1. The predicted octanol–water partition coefficient (Wildman–Crippen LogP) is 2.84. The van der Waals surface area contributed by atoms with Crippen LogP contribution in [0.2, 0.25) is 0 Å². The number of rotatable bonds is 7. The lowest BCUT2D eigenvalue weighted by Gasteiger charge is -2.16. The van der Waals surface area contributed by atoms with Gasteiger partial charge in [-0.1, -0.05) is 37.8 Å². The van der Waals surface area contributed by atoms with Crippen LogP contribution < -0.4 is 15.8 Å². The third-order valence-electron chi connectivity index (χ3n) is 4.12. The third-order valence-corrected chi connectivity index (χ3v) is 4.12. The molecule has 0 spiro atoms. The SMILES string of the molecule is COCCOc1ccc(CN=C(N)NC2CCCCCC2)cc1. The zero-order valence-corrected chi connectivity index (χ0v) is 14.1. The lowest BCUT2D eigenvalue weighted by Crippen LogP contribution is -2.39. The molecule has 0 radical (unpaired) electrons. The molecule has 128 valence electrons. The first-order chi connectivity index (χ1) is 11.3. The van der Waals surface area contributed by atoms with Crippen molar-refractivity contribution in [1.82, 2.24) is 5.32 Å². The lowest BCUT2D eigenvalue weighted by molar-refractivity contribution is 0.146. The number of nitrogens with two attached hydrogens (primary N) is 1. The van der Waals surface area contributed by atoms with Crippen LogP contribution in [0, 0.1) is 0 Å². The van der Waals surface area contributed by atoms with E-state index in [9.17, 15) is 0 Å². The summed E-state index contributed by atoms with van der Waals surface area (Å²) >= 11 is 0. The maximum atomic E-state index is 6.01. The van der Waals surface area contributed by atoms with Gasteiger partial charge < -0.3 is 20.5 Å². The van der Waals surface area contributed by atoms with Crippen LogP contribution in [0.4, 0.5) is 0 Å². The van der Waals surface area contributed by atoms with Crippen LogP contribution >= 0.6 is 0 Å². The maximum Gasteiger partial charge on any atom is 0.189 e. The van der Waals surface area contributed by atoms with E-state index in [1.165, 1.54) is 38.5 Å². The standard InChI is InChI=1S/C18H29N3O2/c1-22-12-13-23-17-10-8-15(9-11-17)14-20-18(19)21-16-6-4-2-3-5-7-16/h8-11,16H,2-7,12-14H2,1H3,(H3,19,20,21). The molecule has 5 nitrogen and oxygen atoms in total. The Kier molecular flexibility index (Phi) is 7.73. The zero-order valence-electron chi connectivity index (χ0n) is 14.1. The van der Waals surface area contributed by atoms with Gasteiger partial charge in [0.25, 0.3) is 0 Å². The first-order valence-corrected chi connectivity index (χ1v) is 8.55. The fourth-order valence-corrected chi connectivity index (χ4v) is 2.79. The maximum absolute atomic E-state index is 6.01. The van der Waals surface area contributed by atoms with Gasteiger partial charge in [0.2, 0.25) is 0 Å². The normalized spacial score (nSPS) is 16.8. The summed E-state index contributed by atoms with van der Waals surface area (Å²) in [4.78, 5) is 4.45. The predicted molar refractivity (Wildman–Crippen MR) is 93.8 cm³/mol. The molecule has 0 unspecified atom stereocenters. The molecular weight excluding hydrogens is 290 g/mol. The number of methoxy groups -OCH3 is 1. The highest BCUT2D eigenvalue weighted by Gasteiger charge is 2.12. The van der Waals surface area contributed by atoms with Gasteiger partial charge in [0.05, 0.1) is 13.2 Å². The molecule has 1 aromatic carbocycles. The fraction of sp³-hybridized carbons (Fsp3) is 0.611. The molecule has 3 N–H and O–H groups in total. The van der Waals surface area contributed by atoms with Crippen LogP contribution in [0.15, 0.2) is 29.3 Å². The number of aliphatic imine (C=N–C) groups is 1. The second-order valence-electron chi connectivity index (χ2n) is 6.02. The summed E-state index contributed by atoms with van der Waals surface area (Å²) in [6.45, 7) is 1.74. The molecule has 0 amide bonds. The van der Waals surface area contributed by atoms with Crippen LogP contribution in [0.5, 0.6) is 5.75 Å². The van der Waals surface area contributed by atoms with Gasteiger partial charge in [0, 0.05) is 13.2 Å².